The van der Waals surface area contributed by atoms with E-state index in [2.05, 4.69) is 0 Å². The molecule has 0 saturated carbocycles. The number of hydrogen-bond donors (Lipinski definition) is 3. The lowest BCUT2D eigenvalue weighted by atomic mass is 9.81. The van der Waals surface area contributed by atoms with Crippen molar-refractivity contribution in [2.45, 2.75) is 19.9 Å². The lowest BCUT2D eigenvalue weighted by Gasteiger charge is -2.30. The highest BCUT2D eigenvalue weighted by Crippen LogP contribution is 2.35. The van der Waals surface area contributed by atoms with Crippen molar-refractivity contribution in [3.8, 4) is 11.8 Å². The number of nitrogens with two attached hydrogens (primary N) is 1. The summed E-state index contributed by atoms with van der Waals surface area (Å²) in [6.45, 7) is 3.51. The normalized spacial score (nSPS) is 13.2. The summed E-state index contributed by atoms with van der Waals surface area (Å²) in [5, 5.41) is 27.7. The Kier molecular flexibility index (Phi) is 3.53. The fraction of sp³-hybridized carbons (Fsp3) is 0.417. The average molecular weight is 220 g/mol. The van der Waals surface area contributed by atoms with Crippen LogP contribution in [0.25, 0.3) is 0 Å². The van der Waals surface area contributed by atoms with Crippen molar-refractivity contribution in [1.82, 2.24) is 0 Å². The Morgan fingerprint density at radius 2 is 2.12 bits per heavy atom. The first kappa shape index (κ1) is 12.5. The molecule has 0 fully saturated rings. The van der Waals surface area contributed by atoms with E-state index in [4.69, 9.17) is 11.0 Å². The Balaban J connectivity index is 3.18. The summed E-state index contributed by atoms with van der Waals surface area (Å²) in [5.41, 5.74) is 6.35. The van der Waals surface area contributed by atoms with Gasteiger partial charge >= 0.3 is 0 Å². The van der Waals surface area contributed by atoms with E-state index < -0.39 is 11.5 Å². The number of phenolic OH excluding ortho intramolecular Hbond substituents is 1. The van der Waals surface area contributed by atoms with Crippen LogP contribution >= 0.6 is 0 Å². The van der Waals surface area contributed by atoms with Crippen molar-refractivity contribution < 1.29 is 10.2 Å². The first-order valence-electron chi connectivity index (χ1n) is 5.02. The predicted octanol–water partition coefficient (Wildman–Crippen LogP) is 1.28. The van der Waals surface area contributed by atoms with Gasteiger partial charge in [0.25, 0.3) is 0 Å². The van der Waals surface area contributed by atoms with Gasteiger partial charge in [0.1, 0.15) is 5.75 Å². The molecular formula is C12H16N2O2. The van der Waals surface area contributed by atoms with E-state index in [0.717, 1.165) is 0 Å². The van der Waals surface area contributed by atoms with Crippen LogP contribution < -0.4 is 5.73 Å². The number of rotatable bonds is 3. The van der Waals surface area contributed by atoms with E-state index in [1.54, 1.807) is 19.9 Å². The molecule has 1 rings (SSSR count). The smallest absolute Gasteiger partial charge is 0.120 e. The van der Waals surface area contributed by atoms with Gasteiger partial charge < -0.3 is 15.9 Å². The van der Waals surface area contributed by atoms with Crippen LogP contribution in [0.15, 0.2) is 18.2 Å². The summed E-state index contributed by atoms with van der Waals surface area (Å²) in [4.78, 5) is 0. The number of benzene rings is 1. The van der Waals surface area contributed by atoms with E-state index >= 15 is 0 Å². The summed E-state index contributed by atoms with van der Waals surface area (Å²) in [5.74, 6) is 0.0491. The minimum Gasteiger partial charge on any atom is -0.508 e. The standard InChI is InChI=1S/C12H16N2O2/c1-12(2,7-15)11(14)9-5-8(6-13)3-4-10(9)16/h3-5,11,15-16H,7,14H2,1-2H3/t11-/m0/s1. The Labute approximate surface area is 94.9 Å². The first-order chi connectivity index (χ1) is 7.42. The third kappa shape index (κ3) is 2.32. The zero-order valence-corrected chi connectivity index (χ0v) is 9.44. The molecule has 0 saturated heterocycles. The molecule has 1 aromatic carbocycles. The fourth-order valence-corrected chi connectivity index (χ4v) is 1.39. The molecule has 0 spiro atoms. The average Bonchev–Trinajstić information content (AvgIpc) is 2.29. The lowest BCUT2D eigenvalue weighted by molar-refractivity contribution is 0.131. The van der Waals surface area contributed by atoms with E-state index in [0.29, 0.717) is 11.1 Å². The van der Waals surface area contributed by atoms with Gasteiger partial charge in [-0.2, -0.15) is 5.26 Å². The van der Waals surface area contributed by atoms with Crippen molar-refractivity contribution in [3.05, 3.63) is 29.3 Å². The Bertz CT molecular complexity index is 422. The highest BCUT2D eigenvalue weighted by atomic mass is 16.3. The molecule has 16 heavy (non-hydrogen) atoms. The van der Waals surface area contributed by atoms with Gasteiger partial charge in [0, 0.05) is 23.6 Å². The molecule has 86 valence electrons. The quantitative estimate of drug-likeness (QED) is 0.715. The summed E-state index contributed by atoms with van der Waals surface area (Å²) < 4.78 is 0. The molecule has 0 aliphatic heterocycles. The van der Waals surface area contributed by atoms with Crippen LogP contribution in [0.5, 0.6) is 5.75 Å². The molecule has 0 bridgehead atoms. The Morgan fingerprint density at radius 3 is 2.62 bits per heavy atom. The molecule has 0 unspecified atom stereocenters. The number of phenols is 1. The molecule has 0 amide bonds. The van der Waals surface area contributed by atoms with Crippen LogP contribution in [0.3, 0.4) is 0 Å². The minimum absolute atomic E-state index is 0.0491. The van der Waals surface area contributed by atoms with E-state index in [1.165, 1.54) is 12.1 Å². The Morgan fingerprint density at radius 1 is 1.50 bits per heavy atom. The Hall–Kier alpha value is -1.57. The highest BCUT2D eigenvalue weighted by molar-refractivity contribution is 5.43. The van der Waals surface area contributed by atoms with Gasteiger partial charge in [0.15, 0.2) is 0 Å². The number of hydrogen-bond acceptors (Lipinski definition) is 4. The number of nitrogens with zero attached hydrogens (tertiary/aromatic N) is 1. The zero-order chi connectivity index (χ0) is 12.3. The summed E-state index contributed by atoms with van der Waals surface area (Å²) in [6, 6.07) is 5.99. The van der Waals surface area contributed by atoms with Crippen LogP contribution in [0, 0.1) is 16.7 Å². The van der Waals surface area contributed by atoms with Crippen LogP contribution in [0.1, 0.15) is 31.0 Å². The fourth-order valence-electron chi connectivity index (χ4n) is 1.39. The molecule has 0 heterocycles. The maximum absolute atomic E-state index is 9.69. The maximum Gasteiger partial charge on any atom is 0.120 e. The van der Waals surface area contributed by atoms with E-state index in [1.807, 2.05) is 6.07 Å². The van der Waals surface area contributed by atoms with E-state index in [-0.39, 0.29) is 12.4 Å². The third-order valence-corrected chi connectivity index (χ3v) is 2.74. The van der Waals surface area contributed by atoms with Crippen molar-refractivity contribution >= 4 is 0 Å². The van der Waals surface area contributed by atoms with Gasteiger partial charge in [-0.05, 0) is 18.2 Å². The number of aliphatic hydroxyl groups is 1. The molecule has 1 atom stereocenters. The highest BCUT2D eigenvalue weighted by Gasteiger charge is 2.28. The molecule has 1 aromatic rings. The zero-order valence-electron chi connectivity index (χ0n) is 9.44. The van der Waals surface area contributed by atoms with Crippen LogP contribution in [-0.4, -0.2) is 16.8 Å². The monoisotopic (exact) mass is 220 g/mol. The second kappa shape index (κ2) is 4.52. The largest absolute Gasteiger partial charge is 0.508 e. The number of nitriles is 1. The van der Waals surface area contributed by atoms with Gasteiger partial charge in [-0.1, -0.05) is 13.8 Å². The molecule has 0 aliphatic rings. The van der Waals surface area contributed by atoms with Crippen molar-refractivity contribution in [2.75, 3.05) is 6.61 Å². The topological polar surface area (TPSA) is 90.3 Å². The minimum atomic E-state index is -0.550. The molecule has 4 heteroatoms. The predicted molar refractivity (Wildman–Crippen MR) is 60.6 cm³/mol. The van der Waals surface area contributed by atoms with Gasteiger partial charge in [-0.15, -0.1) is 0 Å². The van der Waals surface area contributed by atoms with Crippen molar-refractivity contribution in [3.63, 3.8) is 0 Å². The van der Waals surface area contributed by atoms with Crippen LogP contribution in [0.2, 0.25) is 0 Å². The summed E-state index contributed by atoms with van der Waals surface area (Å²) in [6.07, 6.45) is 0. The molecule has 4 nitrogen and oxygen atoms in total. The molecule has 0 radical (unpaired) electrons. The molecular weight excluding hydrogens is 204 g/mol. The first-order valence-corrected chi connectivity index (χ1v) is 5.02. The van der Waals surface area contributed by atoms with Gasteiger partial charge in [-0.25, -0.2) is 0 Å². The number of aromatic hydroxyl groups is 1. The van der Waals surface area contributed by atoms with Crippen molar-refractivity contribution in [2.24, 2.45) is 11.1 Å². The number of aliphatic hydroxyl groups excluding tert-OH is 1. The maximum atomic E-state index is 9.69. The molecule has 4 N–H and O–H groups in total. The third-order valence-electron chi connectivity index (χ3n) is 2.74. The second-order valence-corrected chi connectivity index (χ2v) is 4.51. The molecule has 0 aliphatic carbocycles. The second-order valence-electron chi connectivity index (χ2n) is 4.51. The van der Waals surface area contributed by atoms with E-state index in [9.17, 15) is 10.2 Å². The van der Waals surface area contributed by atoms with Gasteiger partial charge in [0.2, 0.25) is 0 Å². The summed E-state index contributed by atoms with van der Waals surface area (Å²) in [7, 11) is 0. The van der Waals surface area contributed by atoms with Crippen LogP contribution in [-0.2, 0) is 0 Å². The lowest BCUT2D eigenvalue weighted by Crippen LogP contribution is -2.32. The SMILES string of the molecule is CC(C)(CO)[C@@H](N)c1cc(C#N)ccc1O. The van der Waals surface area contributed by atoms with Gasteiger partial charge in [-0.3, -0.25) is 0 Å². The molecule has 0 aromatic heterocycles. The van der Waals surface area contributed by atoms with Crippen molar-refractivity contribution in [1.29, 1.82) is 5.26 Å². The van der Waals surface area contributed by atoms with Gasteiger partial charge in [0.05, 0.1) is 11.6 Å². The van der Waals surface area contributed by atoms with Crippen LogP contribution in [0.4, 0.5) is 0 Å². The summed E-state index contributed by atoms with van der Waals surface area (Å²) >= 11 is 0.